The summed E-state index contributed by atoms with van der Waals surface area (Å²) < 4.78 is 0. The molecule has 3 heterocycles. The first kappa shape index (κ1) is 15.9. The van der Waals surface area contributed by atoms with E-state index in [-0.39, 0.29) is 11.8 Å². The average Bonchev–Trinajstić information content (AvgIpc) is 2.75. The van der Waals surface area contributed by atoms with Crippen LogP contribution in [0.1, 0.15) is 11.4 Å². The molecule has 7 rings (SSSR count). The van der Waals surface area contributed by atoms with Gasteiger partial charge in [0.1, 0.15) is 0 Å². The minimum atomic E-state index is 0.289. The standard InChI is InChI=1S/C24H20N4/c1-13-14(2)16-10-9-15(13)19-20(16)22-21(19)23(17-7-3-5-11-25-17)27-28-24(22)18-8-4-6-12-26-18/h3-12,15-16,19-22H,1-2H2. The van der Waals surface area contributed by atoms with Crippen molar-refractivity contribution in [1.29, 1.82) is 0 Å². The highest BCUT2D eigenvalue weighted by atomic mass is 15.2. The Kier molecular flexibility index (Phi) is 3.22. The van der Waals surface area contributed by atoms with Crippen molar-refractivity contribution in [2.45, 2.75) is 0 Å². The van der Waals surface area contributed by atoms with Crippen molar-refractivity contribution in [3.05, 3.63) is 96.6 Å². The van der Waals surface area contributed by atoms with Crippen LogP contribution in [0.2, 0.25) is 0 Å². The SMILES string of the molecule is C=C1C(=C)C2C=CC1C1C3C(c4ccccn4)=NN=C(c4ccccn4)C3C21. The van der Waals surface area contributed by atoms with Crippen molar-refractivity contribution in [2.24, 2.45) is 45.7 Å². The lowest BCUT2D eigenvalue weighted by Gasteiger charge is -2.63. The zero-order valence-corrected chi connectivity index (χ0v) is 15.4. The highest BCUT2D eigenvalue weighted by molar-refractivity contribution is 6.12. The van der Waals surface area contributed by atoms with Crippen molar-refractivity contribution in [3.8, 4) is 0 Å². The Balaban J connectivity index is 1.51. The Morgan fingerprint density at radius 3 is 1.50 bits per heavy atom. The molecule has 6 unspecified atom stereocenters. The number of rotatable bonds is 2. The van der Waals surface area contributed by atoms with Gasteiger partial charge in [-0.3, -0.25) is 9.97 Å². The van der Waals surface area contributed by atoms with Gasteiger partial charge in [-0.2, -0.15) is 10.2 Å². The number of fused-ring (bicyclic) bond motifs is 2. The molecular weight excluding hydrogens is 344 g/mol. The zero-order valence-electron chi connectivity index (χ0n) is 15.4. The Labute approximate surface area is 164 Å². The lowest BCUT2D eigenvalue weighted by atomic mass is 9.40. The molecule has 4 heteroatoms. The maximum atomic E-state index is 4.68. The van der Waals surface area contributed by atoms with E-state index in [9.17, 15) is 0 Å². The van der Waals surface area contributed by atoms with Crippen molar-refractivity contribution in [3.63, 3.8) is 0 Å². The second-order valence-electron chi connectivity index (χ2n) is 8.09. The monoisotopic (exact) mass is 364 g/mol. The quantitative estimate of drug-likeness (QED) is 0.754. The average molecular weight is 364 g/mol. The van der Waals surface area contributed by atoms with E-state index in [1.54, 1.807) is 0 Å². The van der Waals surface area contributed by atoms with E-state index in [1.165, 1.54) is 11.1 Å². The number of nitrogens with zero attached hydrogens (tertiary/aromatic N) is 4. The van der Waals surface area contributed by atoms with Crippen LogP contribution in [-0.4, -0.2) is 21.4 Å². The van der Waals surface area contributed by atoms with Crippen LogP contribution in [0.3, 0.4) is 0 Å². The fourth-order valence-corrected chi connectivity index (χ4v) is 5.78. The van der Waals surface area contributed by atoms with Gasteiger partial charge in [-0.05, 0) is 47.2 Å². The molecule has 2 bridgehead atoms. The molecule has 6 atom stereocenters. The van der Waals surface area contributed by atoms with E-state index in [2.05, 4.69) is 45.5 Å². The maximum absolute atomic E-state index is 4.68. The first-order valence-corrected chi connectivity index (χ1v) is 9.80. The van der Waals surface area contributed by atoms with Gasteiger partial charge in [-0.25, -0.2) is 0 Å². The molecule has 1 aliphatic heterocycles. The molecule has 0 saturated heterocycles. The summed E-state index contributed by atoms with van der Waals surface area (Å²) in [5.41, 5.74) is 6.24. The van der Waals surface area contributed by atoms with Gasteiger partial charge in [-0.1, -0.05) is 37.4 Å². The molecular formula is C24H20N4. The molecule has 2 aromatic heterocycles. The van der Waals surface area contributed by atoms with Crippen molar-refractivity contribution >= 4 is 11.4 Å². The summed E-state index contributed by atoms with van der Waals surface area (Å²) in [7, 11) is 0. The van der Waals surface area contributed by atoms with E-state index < -0.39 is 0 Å². The predicted molar refractivity (Wildman–Crippen MR) is 110 cm³/mol. The molecule has 2 aromatic rings. The molecule has 0 aromatic carbocycles. The first-order chi connectivity index (χ1) is 13.8. The fraction of sp³-hybridized carbons (Fsp3) is 0.250. The zero-order chi connectivity index (χ0) is 18.8. The van der Waals surface area contributed by atoms with Gasteiger partial charge in [0, 0.05) is 36.1 Å². The molecule has 2 saturated carbocycles. The van der Waals surface area contributed by atoms with E-state index in [1.807, 2.05) is 48.8 Å². The van der Waals surface area contributed by atoms with Crippen molar-refractivity contribution in [2.75, 3.05) is 0 Å². The minimum absolute atomic E-state index is 0.289. The summed E-state index contributed by atoms with van der Waals surface area (Å²) in [6.07, 6.45) is 8.33. The van der Waals surface area contributed by atoms with Crippen LogP contribution in [0.5, 0.6) is 0 Å². The Morgan fingerprint density at radius 1 is 0.643 bits per heavy atom. The molecule has 28 heavy (non-hydrogen) atoms. The maximum Gasteiger partial charge on any atom is 0.0927 e. The van der Waals surface area contributed by atoms with Crippen LogP contribution >= 0.6 is 0 Å². The van der Waals surface area contributed by atoms with Gasteiger partial charge in [0.25, 0.3) is 0 Å². The summed E-state index contributed by atoms with van der Waals surface area (Å²) in [6.45, 7) is 8.72. The minimum Gasteiger partial charge on any atom is -0.255 e. The topological polar surface area (TPSA) is 50.5 Å². The van der Waals surface area contributed by atoms with Crippen LogP contribution in [0, 0.1) is 35.5 Å². The van der Waals surface area contributed by atoms with Gasteiger partial charge in [0.2, 0.25) is 0 Å². The molecule has 2 fully saturated rings. The van der Waals surface area contributed by atoms with Crippen LogP contribution in [0.25, 0.3) is 0 Å². The van der Waals surface area contributed by atoms with Crippen LogP contribution in [0.15, 0.2) is 95.5 Å². The normalized spacial score (nSPS) is 34.9. The molecule has 0 radical (unpaired) electrons. The molecule has 4 aliphatic carbocycles. The number of hydrogen-bond acceptors (Lipinski definition) is 4. The third kappa shape index (κ3) is 1.95. The lowest BCUT2D eigenvalue weighted by molar-refractivity contribution is -0.0000843. The van der Waals surface area contributed by atoms with E-state index >= 15 is 0 Å². The van der Waals surface area contributed by atoms with Crippen molar-refractivity contribution in [1.82, 2.24) is 9.97 Å². The first-order valence-electron chi connectivity index (χ1n) is 9.80. The van der Waals surface area contributed by atoms with E-state index in [4.69, 9.17) is 0 Å². The van der Waals surface area contributed by atoms with Crippen LogP contribution in [-0.2, 0) is 0 Å². The summed E-state index contributed by atoms with van der Waals surface area (Å²) in [6, 6.07) is 12.0. The highest BCUT2D eigenvalue weighted by Gasteiger charge is 2.64. The molecule has 0 N–H and O–H groups in total. The Morgan fingerprint density at radius 2 is 1.11 bits per heavy atom. The Bertz CT molecular complexity index is 993. The van der Waals surface area contributed by atoms with Gasteiger partial charge in [0.05, 0.1) is 22.8 Å². The van der Waals surface area contributed by atoms with Crippen LogP contribution in [0.4, 0.5) is 0 Å². The molecule has 5 aliphatic rings. The number of aromatic nitrogens is 2. The van der Waals surface area contributed by atoms with Gasteiger partial charge >= 0.3 is 0 Å². The molecule has 0 amide bonds. The summed E-state index contributed by atoms with van der Waals surface area (Å²) in [5, 5.41) is 9.37. The predicted octanol–water partition coefficient (Wildman–Crippen LogP) is 4.09. The smallest absolute Gasteiger partial charge is 0.0927 e. The van der Waals surface area contributed by atoms with Crippen LogP contribution < -0.4 is 0 Å². The summed E-state index contributed by atoms with van der Waals surface area (Å²) in [4.78, 5) is 9.16. The largest absolute Gasteiger partial charge is 0.255 e. The van der Waals surface area contributed by atoms with Gasteiger partial charge < -0.3 is 0 Å². The summed E-state index contributed by atoms with van der Waals surface area (Å²) in [5.74, 6) is 2.20. The molecule has 0 spiro atoms. The second kappa shape index (κ2) is 5.68. The lowest BCUT2D eigenvalue weighted by Crippen LogP contribution is -2.63. The highest BCUT2D eigenvalue weighted by Crippen LogP contribution is 2.65. The fourth-order valence-electron chi connectivity index (χ4n) is 5.78. The van der Waals surface area contributed by atoms with Gasteiger partial charge in [0.15, 0.2) is 0 Å². The number of hydrogen-bond donors (Lipinski definition) is 0. The van der Waals surface area contributed by atoms with E-state index in [0.29, 0.717) is 23.7 Å². The Hall–Kier alpha value is -3.14. The van der Waals surface area contributed by atoms with Crippen molar-refractivity contribution < 1.29 is 0 Å². The third-order valence-corrected chi connectivity index (χ3v) is 6.98. The molecule has 4 nitrogen and oxygen atoms in total. The molecule has 136 valence electrons. The summed E-state index contributed by atoms with van der Waals surface area (Å²) >= 11 is 0. The number of allylic oxidation sites excluding steroid dienone is 4. The van der Waals surface area contributed by atoms with E-state index in [0.717, 1.165) is 22.8 Å². The third-order valence-electron chi connectivity index (χ3n) is 6.98. The number of pyridine rings is 2. The van der Waals surface area contributed by atoms with Gasteiger partial charge in [-0.15, -0.1) is 0 Å². The second-order valence-corrected chi connectivity index (χ2v) is 8.09.